The quantitative estimate of drug-likeness (QED) is 0.576. The molecule has 4 rings (SSSR count). The van der Waals surface area contributed by atoms with Crippen LogP contribution in [0, 0.1) is 5.82 Å². The fourth-order valence-electron chi connectivity index (χ4n) is 3.38. The van der Waals surface area contributed by atoms with E-state index in [1.807, 2.05) is 42.5 Å². The van der Waals surface area contributed by atoms with Crippen molar-refractivity contribution in [3.8, 4) is 0 Å². The van der Waals surface area contributed by atoms with Crippen molar-refractivity contribution in [2.24, 2.45) is 4.99 Å². The van der Waals surface area contributed by atoms with E-state index >= 15 is 0 Å². The van der Waals surface area contributed by atoms with Crippen LogP contribution in [0.1, 0.15) is 29.8 Å². The predicted molar refractivity (Wildman–Crippen MR) is 118 cm³/mol. The molecule has 1 aliphatic rings. The van der Waals surface area contributed by atoms with E-state index in [-0.39, 0.29) is 11.6 Å². The van der Waals surface area contributed by atoms with E-state index in [1.165, 1.54) is 18.2 Å². The Balaban J connectivity index is 1.96. The molecule has 0 radical (unpaired) electrons. The average molecular weight is 436 g/mol. The Labute approximate surface area is 184 Å². The Morgan fingerprint density at radius 2 is 1.90 bits per heavy atom. The van der Waals surface area contributed by atoms with Gasteiger partial charge in [-0.3, -0.25) is 9.98 Å². The molecule has 0 saturated carbocycles. The molecule has 1 aromatic heterocycles. The minimum Gasteiger partial charge on any atom is -0.463 e. The summed E-state index contributed by atoms with van der Waals surface area (Å²) in [5.74, 6) is -0.525. The summed E-state index contributed by atoms with van der Waals surface area (Å²) in [4.78, 5) is 22.2. The van der Waals surface area contributed by atoms with E-state index in [0.717, 1.165) is 5.56 Å². The highest BCUT2D eigenvalue weighted by Gasteiger charge is 2.34. The van der Waals surface area contributed by atoms with Crippen LogP contribution in [-0.4, -0.2) is 23.4 Å². The van der Waals surface area contributed by atoms with E-state index < -0.39 is 17.8 Å². The normalized spacial score (nSPS) is 15.8. The van der Waals surface area contributed by atoms with Crippen LogP contribution < -0.4 is 5.32 Å². The average Bonchev–Trinajstić information content (AvgIpc) is 2.79. The molecule has 2 heterocycles. The van der Waals surface area contributed by atoms with Crippen molar-refractivity contribution in [1.29, 1.82) is 0 Å². The zero-order chi connectivity index (χ0) is 21.8. The molecular weight excluding hydrogens is 417 g/mol. The Morgan fingerprint density at radius 3 is 2.58 bits per heavy atom. The lowest BCUT2D eigenvalue weighted by molar-refractivity contribution is -0.138. The van der Waals surface area contributed by atoms with Crippen LogP contribution in [0.5, 0.6) is 0 Å². The number of carbonyl (C=O) groups is 1. The Bertz CT molecular complexity index is 1160. The standard InChI is InChI=1S/C24H19ClFN3O2/c1-2-31-24(30)20-21(15-8-4-3-5-9-15)28-23(19-10-6-7-13-27-19)29-22(20)17-12-11-16(26)14-18(17)25/h3-14,22H,2H2,1H3,(H,28,29). The summed E-state index contributed by atoms with van der Waals surface area (Å²) in [6, 6.07) is 18.1. The minimum absolute atomic E-state index is 0.172. The molecule has 0 fully saturated rings. The highest BCUT2D eigenvalue weighted by molar-refractivity contribution is 6.31. The van der Waals surface area contributed by atoms with Gasteiger partial charge in [0.1, 0.15) is 17.6 Å². The maximum atomic E-state index is 13.7. The number of halogens is 2. The summed E-state index contributed by atoms with van der Waals surface area (Å²) in [5, 5.41) is 3.43. The van der Waals surface area contributed by atoms with Gasteiger partial charge in [-0.25, -0.2) is 9.18 Å². The zero-order valence-electron chi connectivity index (χ0n) is 16.7. The molecule has 1 unspecified atom stereocenters. The number of esters is 1. The zero-order valence-corrected chi connectivity index (χ0v) is 17.4. The molecule has 2 aromatic carbocycles. The summed E-state index contributed by atoms with van der Waals surface area (Å²) in [5.41, 5.74) is 2.70. The SMILES string of the molecule is CCOC(=O)C1=C(c2ccccc2)NC(c2ccccn2)=NC1c1ccc(F)cc1Cl. The number of hydrogen-bond donors (Lipinski definition) is 1. The fraction of sp³-hybridized carbons (Fsp3) is 0.125. The molecule has 0 bridgehead atoms. The van der Waals surface area contributed by atoms with Crippen molar-refractivity contribution in [2.75, 3.05) is 6.61 Å². The van der Waals surface area contributed by atoms with Gasteiger partial charge in [-0.15, -0.1) is 0 Å². The van der Waals surface area contributed by atoms with Gasteiger partial charge in [-0.05, 0) is 36.8 Å². The molecule has 1 atom stereocenters. The number of pyridine rings is 1. The van der Waals surface area contributed by atoms with Crippen LogP contribution in [0.3, 0.4) is 0 Å². The highest BCUT2D eigenvalue weighted by atomic mass is 35.5. The van der Waals surface area contributed by atoms with Crippen molar-refractivity contribution in [3.63, 3.8) is 0 Å². The third-order valence-corrected chi connectivity index (χ3v) is 5.09. The first-order valence-corrected chi connectivity index (χ1v) is 10.1. The number of carbonyl (C=O) groups excluding carboxylic acids is 1. The smallest absolute Gasteiger partial charge is 0.338 e. The van der Waals surface area contributed by atoms with Crippen LogP contribution in [0.4, 0.5) is 4.39 Å². The lowest BCUT2D eigenvalue weighted by Crippen LogP contribution is -2.33. The van der Waals surface area contributed by atoms with Crippen LogP contribution in [0.25, 0.3) is 5.70 Å². The molecule has 31 heavy (non-hydrogen) atoms. The number of amidine groups is 1. The molecular formula is C24H19ClFN3O2. The molecule has 0 saturated heterocycles. The van der Waals surface area contributed by atoms with Gasteiger partial charge in [-0.1, -0.05) is 54.1 Å². The second kappa shape index (κ2) is 9.10. The van der Waals surface area contributed by atoms with Crippen molar-refractivity contribution in [3.05, 3.63) is 106 Å². The number of aliphatic imine (C=N–C) groups is 1. The number of nitrogens with one attached hydrogen (secondary N) is 1. The van der Waals surface area contributed by atoms with Crippen molar-refractivity contribution in [2.45, 2.75) is 13.0 Å². The molecule has 156 valence electrons. The Kier molecular flexibility index (Phi) is 6.09. The van der Waals surface area contributed by atoms with Crippen LogP contribution in [-0.2, 0) is 9.53 Å². The summed E-state index contributed by atoms with van der Waals surface area (Å²) < 4.78 is 19.1. The van der Waals surface area contributed by atoms with Gasteiger partial charge in [-0.2, -0.15) is 0 Å². The third-order valence-electron chi connectivity index (χ3n) is 4.77. The first-order valence-electron chi connectivity index (χ1n) is 9.76. The summed E-state index contributed by atoms with van der Waals surface area (Å²) in [6.07, 6.45) is 1.66. The summed E-state index contributed by atoms with van der Waals surface area (Å²) in [7, 11) is 0. The van der Waals surface area contributed by atoms with Gasteiger partial charge < -0.3 is 10.1 Å². The van der Waals surface area contributed by atoms with E-state index in [1.54, 1.807) is 19.2 Å². The number of nitrogens with zero attached hydrogens (tertiary/aromatic N) is 2. The number of rotatable bonds is 5. The van der Waals surface area contributed by atoms with Gasteiger partial charge in [0.05, 0.1) is 17.9 Å². The van der Waals surface area contributed by atoms with E-state index in [2.05, 4.69) is 10.3 Å². The van der Waals surface area contributed by atoms with Gasteiger partial charge in [0.25, 0.3) is 0 Å². The molecule has 1 N–H and O–H groups in total. The second-order valence-corrected chi connectivity index (χ2v) is 7.17. The summed E-state index contributed by atoms with van der Waals surface area (Å²) >= 11 is 6.38. The van der Waals surface area contributed by atoms with Crippen LogP contribution >= 0.6 is 11.6 Å². The molecule has 0 amide bonds. The van der Waals surface area contributed by atoms with Crippen LogP contribution in [0.2, 0.25) is 5.02 Å². The molecule has 1 aliphatic heterocycles. The monoisotopic (exact) mass is 435 g/mol. The van der Waals surface area contributed by atoms with Gasteiger partial charge in [0.2, 0.25) is 0 Å². The first-order chi connectivity index (χ1) is 15.1. The van der Waals surface area contributed by atoms with Crippen LogP contribution in [0.15, 0.2) is 83.5 Å². The lowest BCUT2D eigenvalue weighted by atomic mass is 9.92. The number of benzene rings is 2. The third kappa shape index (κ3) is 4.34. The molecule has 5 nitrogen and oxygen atoms in total. The van der Waals surface area contributed by atoms with Crippen molar-refractivity contribution < 1.29 is 13.9 Å². The topological polar surface area (TPSA) is 63.6 Å². The maximum absolute atomic E-state index is 13.7. The summed E-state index contributed by atoms with van der Waals surface area (Å²) in [6.45, 7) is 1.93. The number of hydrogen-bond acceptors (Lipinski definition) is 5. The van der Waals surface area contributed by atoms with Gasteiger partial charge >= 0.3 is 5.97 Å². The Hall–Kier alpha value is -3.51. The van der Waals surface area contributed by atoms with E-state index in [4.69, 9.17) is 21.3 Å². The molecule has 3 aromatic rings. The minimum atomic E-state index is -0.805. The maximum Gasteiger partial charge on any atom is 0.338 e. The molecule has 0 aliphatic carbocycles. The van der Waals surface area contributed by atoms with E-state index in [9.17, 15) is 9.18 Å². The largest absolute Gasteiger partial charge is 0.463 e. The van der Waals surface area contributed by atoms with Gasteiger partial charge in [0, 0.05) is 16.8 Å². The molecule has 7 heteroatoms. The number of aromatic nitrogens is 1. The predicted octanol–water partition coefficient (Wildman–Crippen LogP) is 4.94. The fourth-order valence-corrected chi connectivity index (χ4v) is 3.66. The lowest BCUT2D eigenvalue weighted by Gasteiger charge is -2.28. The van der Waals surface area contributed by atoms with E-state index in [0.29, 0.717) is 28.4 Å². The van der Waals surface area contributed by atoms with Crippen molar-refractivity contribution in [1.82, 2.24) is 10.3 Å². The highest BCUT2D eigenvalue weighted by Crippen LogP contribution is 2.38. The number of ether oxygens (including phenoxy) is 1. The second-order valence-electron chi connectivity index (χ2n) is 6.76. The van der Waals surface area contributed by atoms with Crippen molar-refractivity contribution >= 4 is 29.1 Å². The first kappa shape index (κ1) is 20.8. The molecule has 0 spiro atoms. The Morgan fingerprint density at radius 1 is 1.13 bits per heavy atom. The van der Waals surface area contributed by atoms with Gasteiger partial charge in [0.15, 0.2) is 5.84 Å².